The van der Waals surface area contributed by atoms with E-state index in [2.05, 4.69) is 17.5 Å². The zero-order valence-corrected chi connectivity index (χ0v) is 9.24. The van der Waals surface area contributed by atoms with Crippen molar-refractivity contribution in [1.82, 2.24) is 5.32 Å². The van der Waals surface area contributed by atoms with Gasteiger partial charge in [0.25, 0.3) is 0 Å². The maximum atomic E-state index is 8.73. The van der Waals surface area contributed by atoms with E-state index in [9.17, 15) is 0 Å². The predicted octanol–water partition coefficient (Wildman–Crippen LogP) is 2.34. The molecular weight excluding hydrogens is 198 g/mol. The topological polar surface area (TPSA) is 59.6 Å². The second-order valence-electron chi connectivity index (χ2n) is 3.60. The number of nitrogens with zero attached hydrogens (tertiary/aromatic N) is 2. The number of rotatable bonds is 6. The molecule has 0 atom stereocenters. The SMILES string of the molecule is N#CCCCCNCc1cccc(C#N)c1. The molecule has 1 aromatic carbocycles. The van der Waals surface area contributed by atoms with Crippen LogP contribution in [0.5, 0.6) is 0 Å². The normalized spacial score (nSPS) is 9.38. The zero-order chi connectivity index (χ0) is 11.6. The van der Waals surface area contributed by atoms with Crippen LogP contribution < -0.4 is 5.32 Å². The Labute approximate surface area is 96.3 Å². The molecule has 0 aromatic heterocycles. The maximum absolute atomic E-state index is 8.73. The maximum Gasteiger partial charge on any atom is 0.0991 e. The van der Waals surface area contributed by atoms with E-state index in [1.807, 2.05) is 18.2 Å². The molecule has 0 radical (unpaired) electrons. The lowest BCUT2D eigenvalue weighted by atomic mass is 10.1. The van der Waals surface area contributed by atoms with Crippen LogP contribution in [-0.4, -0.2) is 6.54 Å². The fourth-order valence-corrected chi connectivity index (χ4v) is 1.44. The zero-order valence-electron chi connectivity index (χ0n) is 9.24. The molecular formula is C13H15N3. The van der Waals surface area contributed by atoms with Crippen LogP contribution in [-0.2, 0) is 6.54 Å². The van der Waals surface area contributed by atoms with Crippen LogP contribution in [0.25, 0.3) is 0 Å². The van der Waals surface area contributed by atoms with Crippen molar-refractivity contribution in [3.8, 4) is 12.1 Å². The van der Waals surface area contributed by atoms with E-state index in [-0.39, 0.29) is 0 Å². The molecule has 0 spiro atoms. The molecule has 1 aromatic rings. The molecule has 0 saturated carbocycles. The van der Waals surface area contributed by atoms with Crippen LogP contribution in [0.15, 0.2) is 24.3 Å². The van der Waals surface area contributed by atoms with E-state index < -0.39 is 0 Å². The summed E-state index contributed by atoms with van der Waals surface area (Å²) >= 11 is 0. The summed E-state index contributed by atoms with van der Waals surface area (Å²) in [6.45, 7) is 1.69. The van der Waals surface area contributed by atoms with Crippen LogP contribution in [0.3, 0.4) is 0 Å². The Morgan fingerprint density at radius 2 is 2.06 bits per heavy atom. The van der Waals surface area contributed by atoms with Gasteiger partial charge in [-0.1, -0.05) is 12.1 Å². The van der Waals surface area contributed by atoms with Gasteiger partial charge in [0, 0.05) is 13.0 Å². The average molecular weight is 213 g/mol. The van der Waals surface area contributed by atoms with Crippen LogP contribution in [0.1, 0.15) is 30.4 Å². The highest BCUT2D eigenvalue weighted by molar-refractivity contribution is 5.32. The fraction of sp³-hybridized carbons (Fsp3) is 0.385. The number of nitriles is 2. The molecule has 82 valence electrons. The van der Waals surface area contributed by atoms with Crippen molar-refractivity contribution >= 4 is 0 Å². The molecule has 0 aliphatic carbocycles. The fourth-order valence-electron chi connectivity index (χ4n) is 1.44. The van der Waals surface area contributed by atoms with Gasteiger partial charge in [0.2, 0.25) is 0 Å². The number of nitrogens with one attached hydrogen (secondary N) is 1. The molecule has 0 saturated heterocycles. The van der Waals surface area contributed by atoms with E-state index in [4.69, 9.17) is 10.5 Å². The van der Waals surface area contributed by atoms with Crippen molar-refractivity contribution in [3.63, 3.8) is 0 Å². The van der Waals surface area contributed by atoms with Crippen molar-refractivity contribution in [1.29, 1.82) is 10.5 Å². The third-order valence-corrected chi connectivity index (χ3v) is 2.28. The van der Waals surface area contributed by atoms with Gasteiger partial charge in [-0.15, -0.1) is 0 Å². The van der Waals surface area contributed by atoms with E-state index in [0.717, 1.165) is 31.5 Å². The van der Waals surface area contributed by atoms with Crippen molar-refractivity contribution in [2.24, 2.45) is 0 Å². The summed E-state index contributed by atoms with van der Waals surface area (Å²) in [6.07, 6.45) is 2.60. The lowest BCUT2D eigenvalue weighted by Gasteiger charge is -2.04. The summed E-state index contributed by atoms with van der Waals surface area (Å²) in [7, 11) is 0. The van der Waals surface area contributed by atoms with Gasteiger partial charge in [-0.2, -0.15) is 10.5 Å². The lowest BCUT2D eigenvalue weighted by molar-refractivity contribution is 0.628. The minimum atomic E-state index is 0.631. The van der Waals surface area contributed by atoms with E-state index in [1.165, 1.54) is 0 Å². The number of benzene rings is 1. The number of hydrogen-bond acceptors (Lipinski definition) is 3. The van der Waals surface area contributed by atoms with Crippen molar-refractivity contribution in [2.45, 2.75) is 25.8 Å². The highest BCUT2D eigenvalue weighted by atomic mass is 14.8. The summed E-state index contributed by atoms with van der Waals surface area (Å²) in [5.41, 5.74) is 1.82. The molecule has 16 heavy (non-hydrogen) atoms. The molecule has 0 aliphatic heterocycles. The predicted molar refractivity (Wildman–Crippen MR) is 62.3 cm³/mol. The summed E-state index contributed by atoms with van der Waals surface area (Å²) in [6, 6.07) is 11.8. The van der Waals surface area contributed by atoms with Crippen LogP contribution >= 0.6 is 0 Å². The van der Waals surface area contributed by atoms with Crippen molar-refractivity contribution in [3.05, 3.63) is 35.4 Å². The third-order valence-electron chi connectivity index (χ3n) is 2.28. The average Bonchev–Trinajstić information content (AvgIpc) is 2.34. The van der Waals surface area contributed by atoms with E-state index in [0.29, 0.717) is 12.0 Å². The summed E-state index contributed by atoms with van der Waals surface area (Å²) in [5.74, 6) is 0. The van der Waals surface area contributed by atoms with E-state index >= 15 is 0 Å². The molecule has 3 nitrogen and oxygen atoms in total. The summed E-state index contributed by atoms with van der Waals surface area (Å²) < 4.78 is 0. The largest absolute Gasteiger partial charge is 0.313 e. The molecule has 0 amide bonds. The van der Waals surface area contributed by atoms with Crippen molar-refractivity contribution in [2.75, 3.05) is 6.54 Å². The first kappa shape index (κ1) is 12.2. The Morgan fingerprint density at radius 3 is 2.81 bits per heavy atom. The monoisotopic (exact) mass is 213 g/mol. The Kier molecular flexibility index (Phi) is 5.70. The lowest BCUT2D eigenvalue weighted by Crippen LogP contribution is -2.14. The smallest absolute Gasteiger partial charge is 0.0991 e. The highest BCUT2D eigenvalue weighted by Crippen LogP contribution is 2.03. The molecule has 0 heterocycles. The molecule has 3 heteroatoms. The van der Waals surface area contributed by atoms with Crippen LogP contribution in [0, 0.1) is 22.7 Å². The Balaban J connectivity index is 2.22. The van der Waals surface area contributed by atoms with Crippen molar-refractivity contribution < 1.29 is 0 Å². The van der Waals surface area contributed by atoms with Gasteiger partial charge in [0.15, 0.2) is 0 Å². The first-order valence-electron chi connectivity index (χ1n) is 5.43. The van der Waals surface area contributed by atoms with Gasteiger partial charge in [-0.3, -0.25) is 0 Å². The van der Waals surface area contributed by atoms with Gasteiger partial charge in [0.1, 0.15) is 0 Å². The molecule has 1 rings (SSSR count). The Bertz CT molecular complexity index is 398. The first-order valence-corrected chi connectivity index (χ1v) is 5.43. The minimum Gasteiger partial charge on any atom is -0.313 e. The second kappa shape index (κ2) is 7.45. The summed E-state index contributed by atoms with van der Waals surface area (Å²) in [5, 5.41) is 20.4. The second-order valence-corrected chi connectivity index (χ2v) is 3.60. The molecule has 0 bridgehead atoms. The van der Waals surface area contributed by atoms with E-state index in [1.54, 1.807) is 6.07 Å². The quantitative estimate of drug-likeness (QED) is 0.738. The summed E-state index contributed by atoms with van der Waals surface area (Å²) in [4.78, 5) is 0. The van der Waals surface area contributed by atoms with Gasteiger partial charge < -0.3 is 5.32 Å². The van der Waals surface area contributed by atoms with Gasteiger partial charge in [-0.25, -0.2) is 0 Å². The highest BCUT2D eigenvalue weighted by Gasteiger charge is 1.94. The molecule has 0 aliphatic rings. The van der Waals surface area contributed by atoms with Gasteiger partial charge in [-0.05, 0) is 37.1 Å². The third kappa shape index (κ3) is 4.59. The van der Waals surface area contributed by atoms with Gasteiger partial charge in [0.05, 0.1) is 17.7 Å². The Hall–Kier alpha value is -1.84. The Morgan fingerprint density at radius 1 is 1.19 bits per heavy atom. The van der Waals surface area contributed by atoms with Crippen LogP contribution in [0.2, 0.25) is 0 Å². The first-order chi connectivity index (χ1) is 7.86. The minimum absolute atomic E-state index is 0.631. The van der Waals surface area contributed by atoms with Gasteiger partial charge >= 0.3 is 0 Å². The number of hydrogen-bond donors (Lipinski definition) is 1. The molecule has 0 unspecified atom stereocenters. The standard InChI is InChI=1S/C13H15N3/c14-7-2-1-3-8-16-11-13-6-4-5-12(9-13)10-15/h4-6,9,16H,1-3,8,11H2. The van der Waals surface area contributed by atoms with Crippen LogP contribution in [0.4, 0.5) is 0 Å². The number of unbranched alkanes of at least 4 members (excludes halogenated alkanes) is 2. The molecule has 1 N–H and O–H groups in total. The molecule has 0 fully saturated rings.